The number of hydrogen-bond donors (Lipinski definition) is 1. The van der Waals surface area contributed by atoms with Gasteiger partial charge in [0.05, 0.1) is 13.2 Å². The smallest absolute Gasteiger partial charge is 0.328 e. The number of hydrogen-bond acceptors (Lipinski definition) is 4. The third-order valence-corrected chi connectivity index (χ3v) is 3.51. The van der Waals surface area contributed by atoms with Crippen molar-refractivity contribution in [2.24, 2.45) is 5.73 Å². The van der Waals surface area contributed by atoms with Gasteiger partial charge in [0.2, 0.25) is 5.91 Å². The Labute approximate surface area is 101 Å². The molecule has 17 heavy (non-hydrogen) atoms. The van der Waals surface area contributed by atoms with Gasteiger partial charge in [-0.3, -0.25) is 4.79 Å². The van der Waals surface area contributed by atoms with E-state index in [4.69, 9.17) is 10.5 Å². The van der Waals surface area contributed by atoms with E-state index >= 15 is 0 Å². The maximum atomic E-state index is 12.2. The fourth-order valence-corrected chi connectivity index (χ4v) is 2.60. The number of amides is 1. The van der Waals surface area contributed by atoms with Gasteiger partial charge in [-0.1, -0.05) is 12.2 Å². The van der Waals surface area contributed by atoms with E-state index < -0.39 is 12.1 Å². The lowest BCUT2D eigenvalue weighted by atomic mass is 10.1. The van der Waals surface area contributed by atoms with Gasteiger partial charge in [0.1, 0.15) is 6.04 Å². The van der Waals surface area contributed by atoms with Crippen LogP contribution in [0.1, 0.15) is 25.7 Å². The Hall–Kier alpha value is -1.36. The highest BCUT2D eigenvalue weighted by atomic mass is 16.5. The standard InChI is InChI=1S/C12H18N2O3/c1-17-12(16)10-7-6-8-4-2-3-5-9(13)11(15)14(8)10/h2-3,8-10H,4-7,13H2,1H3. The first-order chi connectivity index (χ1) is 8.15. The normalized spacial score (nSPS) is 32.9. The van der Waals surface area contributed by atoms with E-state index in [9.17, 15) is 9.59 Å². The van der Waals surface area contributed by atoms with Crippen LogP contribution in [0, 0.1) is 0 Å². The number of fused-ring (bicyclic) bond motifs is 1. The number of methoxy groups -OCH3 is 1. The molecule has 5 heteroatoms. The molecule has 1 saturated heterocycles. The number of esters is 1. The van der Waals surface area contributed by atoms with Crippen LogP contribution in [0.25, 0.3) is 0 Å². The Morgan fingerprint density at radius 3 is 2.82 bits per heavy atom. The maximum absolute atomic E-state index is 12.2. The van der Waals surface area contributed by atoms with Crippen LogP contribution in [-0.2, 0) is 14.3 Å². The molecule has 3 unspecified atom stereocenters. The molecule has 3 atom stereocenters. The molecule has 1 fully saturated rings. The zero-order valence-corrected chi connectivity index (χ0v) is 9.96. The summed E-state index contributed by atoms with van der Waals surface area (Å²) in [6.07, 6.45) is 6.84. The van der Waals surface area contributed by atoms with Crippen LogP contribution in [0.4, 0.5) is 0 Å². The molecule has 0 bridgehead atoms. The number of ether oxygens (including phenoxy) is 1. The first-order valence-corrected chi connectivity index (χ1v) is 5.95. The second kappa shape index (κ2) is 4.87. The van der Waals surface area contributed by atoms with Crippen molar-refractivity contribution in [1.82, 2.24) is 4.90 Å². The number of nitrogens with zero attached hydrogens (tertiary/aromatic N) is 1. The molecule has 2 heterocycles. The monoisotopic (exact) mass is 238 g/mol. The molecule has 94 valence electrons. The van der Waals surface area contributed by atoms with Crippen molar-refractivity contribution in [2.45, 2.75) is 43.8 Å². The summed E-state index contributed by atoms with van der Waals surface area (Å²) in [5, 5.41) is 0. The Kier molecular flexibility index (Phi) is 3.47. The fourth-order valence-electron chi connectivity index (χ4n) is 2.60. The van der Waals surface area contributed by atoms with Crippen LogP contribution in [0.3, 0.4) is 0 Å². The molecular weight excluding hydrogens is 220 g/mol. The Morgan fingerprint density at radius 2 is 2.12 bits per heavy atom. The summed E-state index contributed by atoms with van der Waals surface area (Å²) >= 11 is 0. The summed E-state index contributed by atoms with van der Waals surface area (Å²) in [6, 6.07) is -0.899. The van der Waals surface area contributed by atoms with E-state index in [1.165, 1.54) is 7.11 Å². The van der Waals surface area contributed by atoms with Gasteiger partial charge in [0.25, 0.3) is 0 Å². The van der Waals surface area contributed by atoms with Gasteiger partial charge >= 0.3 is 5.97 Å². The molecule has 0 aliphatic carbocycles. The SMILES string of the molecule is COC(=O)C1CCC2CC=CCC(N)C(=O)N21. The summed E-state index contributed by atoms with van der Waals surface area (Å²) in [5.74, 6) is -0.468. The molecule has 2 aliphatic heterocycles. The molecule has 0 radical (unpaired) electrons. The first kappa shape index (κ1) is 12.1. The van der Waals surface area contributed by atoms with Gasteiger partial charge in [-0.25, -0.2) is 4.79 Å². The van der Waals surface area contributed by atoms with Gasteiger partial charge in [-0.15, -0.1) is 0 Å². The topological polar surface area (TPSA) is 72.6 Å². The lowest BCUT2D eigenvalue weighted by Crippen LogP contribution is -2.52. The van der Waals surface area contributed by atoms with Crippen molar-refractivity contribution in [1.29, 1.82) is 0 Å². The van der Waals surface area contributed by atoms with E-state index in [0.717, 1.165) is 12.8 Å². The van der Waals surface area contributed by atoms with Crippen LogP contribution < -0.4 is 5.73 Å². The van der Waals surface area contributed by atoms with Gasteiger partial charge in [-0.2, -0.15) is 0 Å². The van der Waals surface area contributed by atoms with Gasteiger partial charge < -0.3 is 15.4 Å². The predicted molar refractivity (Wildman–Crippen MR) is 62.0 cm³/mol. The molecule has 2 N–H and O–H groups in total. The third-order valence-electron chi connectivity index (χ3n) is 3.51. The van der Waals surface area contributed by atoms with Gasteiger partial charge in [0.15, 0.2) is 0 Å². The maximum Gasteiger partial charge on any atom is 0.328 e. The minimum absolute atomic E-state index is 0.0919. The molecule has 5 nitrogen and oxygen atoms in total. The largest absolute Gasteiger partial charge is 0.467 e. The molecule has 0 aromatic rings. The predicted octanol–water partition coefficient (Wildman–Crippen LogP) is 0.196. The molecule has 0 spiro atoms. The third kappa shape index (κ3) is 2.20. The Bertz CT molecular complexity index is 354. The molecule has 0 saturated carbocycles. The zero-order valence-electron chi connectivity index (χ0n) is 9.96. The van der Waals surface area contributed by atoms with Crippen molar-refractivity contribution in [2.75, 3.05) is 7.11 Å². The van der Waals surface area contributed by atoms with Crippen molar-refractivity contribution in [3.8, 4) is 0 Å². The highest BCUT2D eigenvalue weighted by molar-refractivity contribution is 5.88. The summed E-state index contributed by atoms with van der Waals surface area (Å²) in [7, 11) is 1.35. The van der Waals surface area contributed by atoms with E-state index in [1.807, 2.05) is 12.2 Å². The molecule has 2 rings (SSSR count). The van der Waals surface area contributed by atoms with Crippen molar-refractivity contribution < 1.29 is 14.3 Å². The number of rotatable bonds is 1. The molecule has 1 amide bonds. The average molecular weight is 238 g/mol. The van der Waals surface area contributed by atoms with Gasteiger partial charge in [0, 0.05) is 6.04 Å². The number of nitrogens with two attached hydrogens (primary N) is 1. The van der Waals surface area contributed by atoms with E-state index in [2.05, 4.69) is 0 Å². The van der Waals surface area contributed by atoms with Crippen LogP contribution in [0.5, 0.6) is 0 Å². The zero-order chi connectivity index (χ0) is 12.4. The molecular formula is C12H18N2O3. The molecule has 0 aromatic heterocycles. The van der Waals surface area contributed by atoms with Crippen molar-refractivity contribution in [3.63, 3.8) is 0 Å². The Balaban J connectivity index is 2.24. The van der Waals surface area contributed by atoms with Crippen LogP contribution in [0.15, 0.2) is 12.2 Å². The summed E-state index contributed by atoms with van der Waals surface area (Å²) < 4.78 is 4.75. The van der Waals surface area contributed by atoms with E-state index in [1.54, 1.807) is 4.90 Å². The summed E-state index contributed by atoms with van der Waals surface area (Å²) in [5.41, 5.74) is 5.81. The van der Waals surface area contributed by atoms with Crippen molar-refractivity contribution in [3.05, 3.63) is 12.2 Å². The Morgan fingerprint density at radius 1 is 1.41 bits per heavy atom. The lowest BCUT2D eigenvalue weighted by molar-refractivity contribution is -0.152. The van der Waals surface area contributed by atoms with E-state index in [-0.39, 0.29) is 17.9 Å². The van der Waals surface area contributed by atoms with Crippen LogP contribution in [-0.4, -0.2) is 42.0 Å². The average Bonchev–Trinajstić information content (AvgIpc) is 2.74. The van der Waals surface area contributed by atoms with Crippen molar-refractivity contribution >= 4 is 11.9 Å². The van der Waals surface area contributed by atoms with Crippen LogP contribution >= 0.6 is 0 Å². The lowest BCUT2D eigenvalue weighted by Gasteiger charge is -2.31. The number of carbonyl (C=O) groups is 2. The fraction of sp³-hybridized carbons (Fsp3) is 0.667. The second-order valence-corrected chi connectivity index (χ2v) is 4.56. The summed E-state index contributed by atoms with van der Waals surface area (Å²) in [4.78, 5) is 25.5. The first-order valence-electron chi connectivity index (χ1n) is 5.95. The van der Waals surface area contributed by atoms with Gasteiger partial charge in [-0.05, 0) is 25.7 Å². The highest BCUT2D eigenvalue weighted by Gasteiger charge is 2.42. The highest BCUT2D eigenvalue weighted by Crippen LogP contribution is 2.29. The summed E-state index contributed by atoms with van der Waals surface area (Å²) in [6.45, 7) is 0. The quantitative estimate of drug-likeness (QED) is 0.523. The minimum Gasteiger partial charge on any atom is -0.467 e. The van der Waals surface area contributed by atoms with E-state index in [0.29, 0.717) is 12.8 Å². The molecule has 0 aromatic carbocycles. The second-order valence-electron chi connectivity index (χ2n) is 4.56. The molecule has 2 aliphatic rings. The minimum atomic E-state index is -0.542. The number of carbonyl (C=O) groups excluding carboxylic acids is 2. The van der Waals surface area contributed by atoms with Crippen LogP contribution in [0.2, 0.25) is 0 Å².